The van der Waals surface area contributed by atoms with Crippen LogP contribution < -0.4 is 5.73 Å². The number of nitrogens with zero attached hydrogens (tertiary/aromatic N) is 1. The van der Waals surface area contributed by atoms with Crippen LogP contribution in [0.1, 0.15) is 5.56 Å². The van der Waals surface area contributed by atoms with Crippen molar-refractivity contribution >= 4 is 17.0 Å². The maximum Gasteiger partial charge on any atom is 0.490 e. The van der Waals surface area contributed by atoms with Gasteiger partial charge in [0.2, 0.25) is 0 Å². The van der Waals surface area contributed by atoms with Gasteiger partial charge in [0.25, 0.3) is 0 Å². The molecule has 5 nitrogen and oxygen atoms in total. The number of aliphatic carboxylic acids is 1. The average Bonchev–Trinajstić information content (AvgIpc) is 2.98. The number of aromatic nitrogens is 2. The van der Waals surface area contributed by atoms with Gasteiger partial charge in [-0.05, 0) is 23.8 Å². The van der Waals surface area contributed by atoms with Crippen molar-refractivity contribution < 1.29 is 23.1 Å². The van der Waals surface area contributed by atoms with Crippen LogP contribution in [0, 0.1) is 0 Å². The van der Waals surface area contributed by atoms with Gasteiger partial charge < -0.3 is 15.8 Å². The molecule has 0 amide bonds. The SMILES string of the molecule is NCc1cccc(-c2nc3ccccc3[nH]2)c1.O=C(O)C(F)(F)F. The number of carboxylic acids is 1. The first-order valence-electron chi connectivity index (χ1n) is 6.85. The second kappa shape index (κ2) is 7.14. The molecule has 2 aromatic carbocycles. The number of fused-ring (bicyclic) bond motifs is 1. The Labute approximate surface area is 134 Å². The highest BCUT2D eigenvalue weighted by Crippen LogP contribution is 2.21. The second-order valence-corrected chi connectivity index (χ2v) is 4.81. The number of rotatable bonds is 2. The van der Waals surface area contributed by atoms with E-state index in [9.17, 15) is 13.2 Å². The summed E-state index contributed by atoms with van der Waals surface area (Å²) >= 11 is 0. The lowest BCUT2D eigenvalue weighted by molar-refractivity contribution is -0.192. The van der Waals surface area contributed by atoms with Crippen LogP contribution in [-0.2, 0) is 11.3 Å². The molecule has 1 heterocycles. The molecule has 0 aliphatic rings. The fraction of sp³-hybridized carbons (Fsp3) is 0.125. The lowest BCUT2D eigenvalue weighted by atomic mass is 10.1. The van der Waals surface area contributed by atoms with Gasteiger partial charge in [-0.25, -0.2) is 9.78 Å². The zero-order chi connectivity index (χ0) is 17.7. The van der Waals surface area contributed by atoms with E-state index in [-0.39, 0.29) is 0 Å². The molecule has 0 spiro atoms. The molecular formula is C16H14F3N3O2. The third kappa shape index (κ3) is 4.32. The van der Waals surface area contributed by atoms with Crippen molar-refractivity contribution in [2.24, 2.45) is 5.73 Å². The number of aromatic amines is 1. The Balaban J connectivity index is 0.000000256. The Morgan fingerprint density at radius 1 is 1.17 bits per heavy atom. The number of para-hydroxylation sites is 2. The normalized spacial score (nSPS) is 11.0. The summed E-state index contributed by atoms with van der Waals surface area (Å²) in [7, 11) is 0. The van der Waals surface area contributed by atoms with Gasteiger partial charge in [-0.3, -0.25) is 0 Å². The van der Waals surface area contributed by atoms with Gasteiger partial charge in [0.05, 0.1) is 11.0 Å². The predicted molar refractivity (Wildman–Crippen MR) is 83.1 cm³/mol. The van der Waals surface area contributed by atoms with E-state index in [1.54, 1.807) is 0 Å². The quantitative estimate of drug-likeness (QED) is 0.669. The second-order valence-electron chi connectivity index (χ2n) is 4.81. The third-order valence-electron chi connectivity index (χ3n) is 3.07. The molecule has 0 radical (unpaired) electrons. The summed E-state index contributed by atoms with van der Waals surface area (Å²) in [5.41, 5.74) is 9.87. The first-order valence-corrected chi connectivity index (χ1v) is 6.85. The highest BCUT2D eigenvalue weighted by atomic mass is 19.4. The van der Waals surface area contributed by atoms with Crippen LogP contribution in [0.5, 0.6) is 0 Å². The van der Waals surface area contributed by atoms with Crippen molar-refractivity contribution in [1.29, 1.82) is 0 Å². The van der Waals surface area contributed by atoms with E-state index in [1.165, 1.54) is 0 Å². The Morgan fingerprint density at radius 3 is 2.42 bits per heavy atom. The minimum absolute atomic E-state index is 0.550. The molecule has 3 rings (SSSR count). The van der Waals surface area contributed by atoms with Gasteiger partial charge in [-0.15, -0.1) is 0 Å². The van der Waals surface area contributed by atoms with Crippen molar-refractivity contribution in [3.63, 3.8) is 0 Å². The lowest BCUT2D eigenvalue weighted by Gasteiger charge is -1.99. The van der Waals surface area contributed by atoms with E-state index in [2.05, 4.69) is 16.0 Å². The predicted octanol–water partition coefficient (Wildman–Crippen LogP) is 3.32. The average molecular weight is 337 g/mol. The van der Waals surface area contributed by atoms with Gasteiger partial charge in [0.1, 0.15) is 5.82 Å². The monoisotopic (exact) mass is 337 g/mol. The Bertz CT molecular complexity index is 811. The van der Waals surface area contributed by atoms with Crippen LogP contribution in [0.2, 0.25) is 0 Å². The number of carbonyl (C=O) groups is 1. The van der Waals surface area contributed by atoms with Crippen molar-refractivity contribution in [2.45, 2.75) is 12.7 Å². The molecular weight excluding hydrogens is 323 g/mol. The number of carboxylic acid groups (broad SMARTS) is 1. The number of hydrogen-bond acceptors (Lipinski definition) is 3. The fourth-order valence-corrected chi connectivity index (χ4v) is 1.94. The van der Waals surface area contributed by atoms with Crippen LogP contribution in [0.3, 0.4) is 0 Å². The summed E-state index contributed by atoms with van der Waals surface area (Å²) in [4.78, 5) is 16.8. The summed E-state index contributed by atoms with van der Waals surface area (Å²) in [6, 6.07) is 16.1. The van der Waals surface area contributed by atoms with Gasteiger partial charge in [-0.1, -0.05) is 30.3 Å². The zero-order valence-corrected chi connectivity index (χ0v) is 12.3. The number of H-pyrrole nitrogens is 1. The Hall–Kier alpha value is -2.87. The molecule has 3 aromatic rings. The van der Waals surface area contributed by atoms with E-state index < -0.39 is 12.1 Å². The summed E-state index contributed by atoms with van der Waals surface area (Å²) in [5, 5.41) is 7.12. The highest BCUT2D eigenvalue weighted by molar-refractivity contribution is 5.79. The van der Waals surface area contributed by atoms with Crippen molar-refractivity contribution in [3.05, 3.63) is 54.1 Å². The lowest BCUT2D eigenvalue weighted by Crippen LogP contribution is -2.21. The molecule has 0 saturated carbocycles. The number of nitrogens with two attached hydrogens (primary N) is 1. The van der Waals surface area contributed by atoms with Crippen molar-refractivity contribution in [2.75, 3.05) is 0 Å². The minimum atomic E-state index is -5.08. The minimum Gasteiger partial charge on any atom is -0.475 e. The van der Waals surface area contributed by atoms with Crippen LogP contribution >= 0.6 is 0 Å². The molecule has 126 valence electrons. The fourth-order valence-electron chi connectivity index (χ4n) is 1.94. The largest absolute Gasteiger partial charge is 0.490 e. The molecule has 1 aromatic heterocycles. The number of imidazole rings is 1. The van der Waals surface area contributed by atoms with E-state index >= 15 is 0 Å². The summed E-state index contributed by atoms with van der Waals surface area (Å²) in [5.74, 6) is -1.87. The molecule has 0 aliphatic heterocycles. The molecule has 0 saturated heterocycles. The molecule has 0 fully saturated rings. The number of hydrogen-bond donors (Lipinski definition) is 3. The van der Waals surface area contributed by atoms with Gasteiger partial charge in [0.15, 0.2) is 0 Å². The first kappa shape index (κ1) is 17.5. The van der Waals surface area contributed by atoms with Crippen LogP contribution in [0.15, 0.2) is 48.5 Å². The van der Waals surface area contributed by atoms with Gasteiger partial charge in [0, 0.05) is 12.1 Å². The van der Waals surface area contributed by atoms with Crippen molar-refractivity contribution in [1.82, 2.24) is 9.97 Å². The third-order valence-corrected chi connectivity index (χ3v) is 3.07. The van der Waals surface area contributed by atoms with E-state index in [4.69, 9.17) is 15.6 Å². The Kier molecular flexibility index (Phi) is 5.20. The van der Waals surface area contributed by atoms with E-state index in [0.29, 0.717) is 6.54 Å². The summed E-state index contributed by atoms with van der Waals surface area (Å²) < 4.78 is 31.7. The number of nitrogens with one attached hydrogen (secondary N) is 1. The van der Waals surface area contributed by atoms with Gasteiger partial charge >= 0.3 is 12.1 Å². The number of halogens is 3. The van der Waals surface area contributed by atoms with Crippen LogP contribution in [-0.4, -0.2) is 27.2 Å². The molecule has 8 heteroatoms. The molecule has 4 N–H and O–H groups in total. The standard InChI is InChI=1S/C14H13N3.C2HF3O2/c15-9-10-4-3-5-11(8-10)14-16-12-6-1-2-7-13(12)17-14;3-2(4,5)1(6)7/h1-8H,9,15H2,(H,16,17);(H,6,7). The molecule has 0 atom stereocenters. The van der Waals surface area contributed by atoms with E-state index in [0.717, 1.165) is 28.0 Å². The number of benzene rings is 2. The summed E-state index contributed by atoms with van der Waals surface area (Å²) in [6.45, 7) is 0.550. The topological polar surface area (TPSA) is 92.0 Å². The van der Waals surface area contributed by atoms with E-state index in [1.807, 2.05) is 42.5 Å². The van der Waals surface area contributed by atoms with Crippen LogP contribution in [0.25, 0.3) is 22.4 Å². The highest BCUT2D eigenvalue weighted by Gasteiger charge is 2.38. The molecule has 0 unspecified atom stereocenters. The number of alkyl halides is 3. The molecule has 0 aliphatic carbocycles. The maximum atomic E-state index is 10.6. The van der Waals surface area contributed by atoms with Crippen molar-refractivity contribution in [3.8, 4) is 11.4 Å². The summed E-state index contributed by atoms with van der Waals surface area (Å²) in [6.07, 6.45) is -5.08. The zero-order valence-electron chi connectivity index (χ0n) is 12.3. The first-order chi connectivity index (χ1) is 11.3. The maximum absolute atomic E-state index is 10.6. The van der Waals surface area contributed by atoms with Crippen LogP contribution in [0.4, 0.5) is 13.2 Å². The van der Waals surface area contributed by atoms with Gasteiger partial charge in [-0.2, -0.15) is 13.2 Å². The smallest absolute Gasteiger partial charge is 0.475 e. The molecule has 24 heavy (non-hydrogen) atoms. The Morgan fingerprint density at radius 2 is 1.83 bits per heavy atom. The molecule has 0 bridgehead atoms.